The minimum absolute atomic E-state index is 0.104. The molecule has 3 rings (SSSR count). The SMILES string of the molecule is COC(=O)C(Sc1nc2c(C(N)=O)cccc2[nH]1)c1ccc(O)cc1. The lowest BCUT2D eigenvalue weighted by Gasteiger charge is -2.13. The van der Waals surface area contributed by atoms with Crippen molar-refractivity contribution in [2.45, 2.75) is 10.4 Å². The predicted molar refractivity (Wildman–Crippen MR) is 93.3 cm³/mol. The van der Waals surface area contributed by atoms with E-state index in [0.29, 0.717) is 27.3 Å². The molecule has 0 radical (unpaired) electrons. The summed E-state index contributed by atoms with van der Waals surface area (Å²) in [7, 11) is 1.31. The molecule has 0 saturated carbocycles. The molecule has 0 spiro atoms. The molecule has 0 aliphatic carbocycles. The van der Waals surface area contributed by atoms with Gasteiger partial charge in [0.1, 0.15) is 16.5 Å². The number of aromatic amines is 1. The molecule has 0 saturated heterocycles. The highest BCUT2D eigenvalue weighted by atomic mass is 32.2. The van der Waals surface area contributed by atoms with Crippen LogP contribution in [0.2, 0.25) is 0 Å². The summed E-state index contributed by atoms with van der Waals surface area (Å²) in [6, 6.07) is 11.3. The summed E-state index contributed by atoms with van der Waals surface area (Å²) in [4.78, 5) is 31.1. The van der Waals surface area contributed by atoms with Crippen molar-refractivity contribution in [2.24, 2.45) is 5.73 Å². The van der Waals surface area contributed by atoms with Gasteiger partial charge in [0.2, 0.25) is 0 Å². The Kier molecular flexibility index (Phi) is 4.62. The van der Waals surface area contributed by atoms with Crippen LogP contribution < -0.4 is 5.73 Å². The molecule has 1 aromatic heterocycles. The highest BCUT2D eigenvalue weighted by Crippen LogP contribution is 2.36. The van der Waals surface area contributed by atoms with Crippen LogP contribution in [-0.2, 0) is 9.53 Å². The maximum absolute atomic E-state index is 12.2. The predicted octanol–water partition coefficient (Wildman–Crippen LogP) is 2.37. The third-order valence-corrected chi connectivity index (χ3v) is 4.71. The molecule has 0 aliphatic heterocycles. The number of nitrogens with one attached hydrogen (secondary N) is 1. The van der Waals surface area contributed by atoms with E-state index in [2.05, 4.69) is 9.97 Å². The molecule has 128 valence electrons. The van der Waals surface area contributed by atoms with Gasteiger partial charge in [-0.15, -0.1) is 0 Å². The molecule has 3 aromatic rings. The first-order chi connectivity index (χ1) is 12.0. The number of esters is 1. The van der Waals surface area contributed by atoms with Crippen LogP contribution in [0, 0.1) is 0 Å². The van der Waals surface area contributed by atoms with Crippen molar-refractivity contribution in [1.82, 2.24) is 9.97 Å². The van der Waals surface area contributed by atoms with E-state index in [1.54, 1.807) is 30.3 Å². The Morgan fingerprint density at radius 3 is 2.60 bits per heavy atom. The molecule has 8 heteroatoms. The molecule has 0 fully saturated rings. The number of carbonyl (C=O) groups is 2. The van der Waals surface area contributed by atoms with E-state index in [9.17, 15) is 14.7 Å². The minimum atomic E-state index is -0.678. The van der Waals surface area contributed by atoms with Gasteiger partial charge in [0.25, 0.3) is 5.91 Å². The third kappa shape index (κ3) is 3.43. The highest BCUT2D eigenvalue weighted by Gasteiger charge is 2.25. The van der Waals surface area contributed by atoms with Crippen molar-refractivity contribution in [3.05, 3.63) is 53.6 Å². The molecule has 7 nitrogen and oxygen atoms in total. The van der Waals surface area contributed by atoms with E-state index in [1.807, 2.05) is 0 Å². The number of carbonyl (C=O) groups excluding carboxylic acids is 2. The average Bonchev–Trinajstić information content (AvgIpc) is 3.02. The summed E-state index contributed by atoms with van der Waals surface area (Å²) >= 11 is 1.15. The van der Waals surface area contributed by atoms with Gasteiger partial charge in [-0.1, -0.05) is 30.0 Å². The Morgan fingerprint density at radius 2 is 1.96 bits per heavy atom. The standard InChI is InChI=1S/C17H15N3O4S/c1-24-16(23)14(9-5-7-10(21)8-6-9)25-17-19-12-4-2-3-11(15(18)22)13(12)20-17/h2-8,14,21H,1H3,(H2,18,22)(H,19,20). The molecule has 1 heterocycles. The van der Waals surface area contributed by atoms with Crippen molar-refractivity contribution < 1.29 is 19.4 Å². The van der Waals surface area contributed by atoms with Crippen molar-refractivity contribution >= 4 is 34.7 Å². The fourth-order valence-corrected chi connectivity index (χ4v) is 3.41. The summed E-state index contributed by atoms with van der Waals surface area (Å²) < 4.78 is 4.87. The molecule has 2 aromatic carbocycles. The summed E-state index contributed by atoms with van der Waals surface area (Å²) in [5.74, 6) is -0.921. The van der Waals surface area contributed by atoms with Crippen molar-refractivity contribution in [1.29, 1.82) is 0 Å². The van der Waals surface area contributed by atoms with E-state index < -0.39 is 17.1 Å². The van der Waals surface area contributed by atoms with E-state index in [4.69, 9.17) is 10.5 Å². The quantitative estimate of drug-likeness (QED) is 0.476. The van der Waals surface area contributed by atoms with Crippen LogP contribution in [0.15, 0.2) is 47.6 Å². The summed E-state index contributed by atoms with van der Waals surface area (Å²) in [6.07, 6.45) is 0. The van der Waals surface area contributed by atoms with Gasteiger partial charge in [0.05, 0.1) is 18.2 Å². The Labute approximate surface area is 147 Å². The van der Waals surface area contributed by atoms with Gasteiger partial charge < -0.3 is 20.6 Å². The minimum Gasteiger partial charge on any atom is -0.508 e. The number of rotatable bonds is 5. The normalized spacial score (nSPS) is 12.0. The highest BCUT2D eigenvalue weighted by molar-refractivity contribution is 8.00. The van der Waals surface area contributed by atoms with Crippen molar-refractivity contribution in [2.75, 3.05) is 7.11 Å². The molecule has 0 aliphatic rings. The van der Waals surface area contributed by atoms with Gasteiger partial charge in [-0.05, 0) is 29.8 Å². The lowest BCUT2D eigenvalue weighted by Crippen LogP contribution is -2.11. The zero-order valence-corrected chi connectivity index (χ0v) is 14.0. The first kappa shape index (κ1) is 16.8. The first-order valence-corrected chi connectivity index (χ1v) is 8.19. The van der Waals surface area contributed by atoms with Crippen LogP contribution in [0.4, 0.5) is 0 Å². The summed E-state index contributed by atoms with van der Waals surface area (Å²) in [5.41, 5.74) is 7.43. The number of ether oxygens (including phenoxy) is 1. The number of para-hydroxylation sites is 1. The number of nitrogens with two attached hydrogens (primary N) is 1. The number of phenols is 1. The molecular weight excluding hydrogens is 342 g/mol. The lowest BCUT2D eigenvalue weighted by atomic mass is 10.1. The van der Waals surface area contributed by atoms with Crippen molar-refractivity contribution in [3.8, 4) is 5.75 Å². The monoisotopic (exact) mass is 357 g/mol. The van der Waals surface area contributed by atoms with Crippen LogP contribution >= 0.6 is 11.8 Å². The number of phenolic OH excluding ortho intramolecular Hbond substituents is 1. The van der Waals surface area contributed by atoms with Crippen LogP contribution in [0.3, 0.4) is 0 Å². The Morgan fingerprint density at radius 1 is 1.24 bits per heavy atom. The number of fused-ring (bicyclic) bond motifs is 1. The zero-order chi connectivity index (χ0) is 18.0. The molecule has 0 bridgehead atoms. The zero-order valence-electron chi connectivity index (χ0n) is 13.2. The van der Waals surface area contributed by atoms with Gasteiger partial charge in [0.15, 0.2) is 5.16 Å². The van der Waals surface area contributed by atoms with E-state index in [-0.39, 0.29) is 5.75 Å². The number of primary amides is 1. The van der Waals surface area contributed by atoms with E-state index in [1.165, 1.54) is 19.2 Å². The number of H-pyrrole nitrogens is 1. The maximum Gasteiger partial charge on any atom is 0.323 e. The second kappa shape index (κ2) is 6.86. The van der Waals surface area contributed by atoms with E-state index >= 15 is 0 Å². The Balaban J connectivity index is 1.98. The van der Waals surface area contributed by atoms with E-state index in [0.717, 1.165) is 11.8 Å². The van der Waals surface area contributed by atoms with Gasteiger partial charge in [-0.3, -0.25) is 9.59 Å². The molecule has 1 amide bonds. The number of aromatic nitrogens is 2. The van der Waals surface area contributed by atoms with Crippen molar-refractivity contribution in [3.63, 3.8) is 0 Å². The second-order valence-electron chi connectivity index (χ2n) is 5.22. The van der Waals surface area contributed by atoms with Crippen LogP contribution in [0.5, 0.6) is 5.75 Å². The Bertz CT molecular complexity index is 937. The smallest absolute Gasteiger partial charge is 0.323 e. The third-order valence-electron chi connectivity index (χ3n) is 3.60. The fraction of sp³-hybridized carbons (Fsp3) is 0.118. The fourth-order valence-electron chi connectivity index (χ4n) is 2.38. The van der Waals surface area contributed by atoms with Crippen LogP contribution in [0.25, 0.3) is 11.0 Å². The number of thioether (sulfide) groups is 1. The molecule has 25 heavy (non-hydrogen) atoms. The summed E-state index contributed by atoms with van der Waals surface area (Å²) in [5, 5.41) is 9.19. The first-order valence-electron chi connectivity index (χ1n) is 7.31. The number of amides is 1. The molecule has 1 atom stereocenters. The largest absolute Gasteiger partial charge is 0.508 e. The van der Waals surface area contributed by atoms with Gasteiger partial charge in [-0.25, -0.2) is 4.98 Å². The number of imidazole rings is 1. The number of hydrogen-bond donors (Lipinski definition) is 3. The summed E-state index contributed by atoms with van der Waals surface area (Å²) in [6.45, 7) is 0. The lowest BCUT2D eigenvalue weighted by molar-refractivity contribution is -0.140. The van der Waals surface area contributed by atoms with Gasteiger partial charge >= 0.3 is 5.97 Å². The van der Waals surface area contributed by atoms with Gasteiger partial charge in [0, 0.05) is 0 Å². The van der Waals surface area contributed by atoms with Gasteiger partial charge in [-0.2, -0.15) is 0 Å². The topological polar surface area (TPSA) is 118 Å². The molecule has 4 N–H and O–H groups in total. The molecule has 1 unspecified atom stereocenters. The van der Waals surface area contributed by atoms with Crippen LogP contribution in [-0.4, -0.2) is 34.1 Å². The average molecular weight is 357 g/mol. The van der Waals surface area contributed by atoms with Crippen LogP contribution in [0.1, 0.15) is 21.2 Å². The Hall–Kier alpha value is -3.00. The number of benzene rings is 2. The molecular formula is C17H15N3O4S. The second-order valence-corrected chi connectivity index (χ2v) is 6.31. The number of nitrogens with zero attached hydrogens (tertiary/aromatic N) is 1. The number of methoxy groups -OCH3 is 1. The maximum atomic E-state index is 12.2. The number of hydrogen-bond acceptors (Lipinski definition) is 6. The number of aromatic hydroxyl groups is 1.